The summed E-state index contributed by atoms with van der Waals surface area (Å²) in [5.74, 6) is 1.79. The maximum absolute atomic E-state index is 13.3. The van der Waals surface area contributed by atoms with Crippen molar-refractivity contribution in [3.63, 3.8) is 0 Å². The normalized spacial score (nSPS) is 18.1. The third-order valence-electron chi connectivity index (χ3n) is 7.19. The lowest BCUT2D eigenvalue weighted by molar-refractivity contribution is -0.131. The lowest BCUT2D eigenvalue weighted by Crippen LogP contribution is -2.30. The molecule has 0 spiro atoms. The fourth-order valence-electron chi connectivity index (χ4n) is 5.12. The fourth-order valence-corrected chi connectivity index (χ4v) is 5.12. The molecule has 6 rings (SSSR count). The number of carbonyl (C=O) groups excluding carboxylic acids is 1. The number of aromatic nitrogens is 2. The SMILES string of the molecule is Cc1ccc2nc(-c3ccc(-c4ccc(F)cc4)cc3)n(C[C@H]3CCN(C(=O)C4CC4)C3)c2c1. The van der Waals surface area contributed by atoms with Crippen LogP contribution in [0.1, 0.15) is 24.8 Å². The highest BCUT2D eigenvalue weighted by molar-refractivity contribution is 5.82. The summed E-state index contributed by atoms with van der Waals surface area (Å²) in [5, 5.41) is 0. The van der Waals surface area contributed by atoms with Gasteiger partial charge in [-0.3, -0.25) is 4.79 Å². The summed E-state index contributed by atoms with van der Waals surface area (Å²) in [5.41, 5.74) is 6.44. The van der Waals surface area contributed by atoms with Crippen molar-refractivity contribution >= 4 is 16.9 Å². The number of carbonyl (C=O) groups is 1. The Kier molecular flexibility index (Phi) is 5.20. The molecule has 1 atom stereocenters. The van der Waals surface area contributed by atoms with Gasteiger partial charge in [-0.25, -0.2) is 9.37 Å². The van der Waals surface area contributed by atoms with Crippen LogP contribution >= 0.6 is 0 Å². The van der Waals surface area contributed by atoms with Crippen LogP contribution in [0, 0.1) is 24.6 Å². The zero-order valence-electron chi connectivity index (χ0n) is 19.4. The maximum Gasteiger partial charge on any atom is 0.225 e. The molecule has 1 aromatic heterocycles. The minimum Gasteiger partial charge on any atom is -0.342 e. The van der Waals surface area contributed by atoms with E-state index in [2.05, 4.69) is 58.9 Å². The van der Waals surface area contributed by atoms with E-state index in [1.807, 2.05) is 0 Å². The first-order chi connectivity index (χ1) is 16.5. The highest BCUT2D eigenvalue weighted by Gasteiger charge is 2.36. The van der Waals surface area contributed by atoms with Gasteiger partial charge in [-0.05, 0) is 73.1 Å². The summed E-state index contributed by atoms with van der Waals surface area (Å²) >= 11 is 0. The number of rotatable bonds is 5. The Bertz CT molecular complexity index is 1350. The monoisotopic (exact) mass is 453 g/mol. The Morgan fingerprint density at radius 2 is 1.62 bits per heavy atom. The molecular formula is C29H28FN3O. The number of hydrogen-bond donors (Lipinski definition) is 0. The van der Waals surface area contributed by atoms with E-state index in [0.29, 0.717) is 11.8 Å². The second kappa shape index (κ2) is 8.39. The number of halogens is 1. The van der Waals surface area contributed by atoms with Gasteiger partial charge in [0.2, 0.25) is 5.91 Å². The first-order valence-electron chi connectivity index (χ1n) is 12.2. The Balaban J connectivity index is 1.32. The highest BCUT2D eigenvalue weighted by Crippen LogP contribution is 2.34. The van der Waals surface area contributed by atoms with E-state index in [4.69, 9.17) is 4.98 Å². The minimum absolute atomic E-state index is 0.228. The van der Waals surface area contributed by atoms with Crippen molar-refractivity contribution in [2.45, 2.75) is 32.7 Å². The third kappa shape index (κ3) is 4.00. The molecule has 0 bridgehead atoms. The Morgan fingerprint density at radius 3 is 2.32 bits per heavy atom. The molecule has 0 N–H and O–H groups in total. The van der Waals surface area contributed by atoms with E-state index in [0.717, 1.165) is 72.4 Å². The predicted octanol–water partition coefficient (Wildman–Crippen LogP) is 6.08. The van der Waals surface area contributed by atoms with Crippen molar-refractivity contribution in [1.82, 2.24) is 14.5 Å². The number of benzene rings is 3. The Morgan fingerprint density at radius 1 is 0.941 bits per heavy atom. The largest absolute Gasteiger partial charge is 0.342 e. The van der Waals surface area contributed by atoms with Crippen LogP contribution in [-0.4, -0.2) is 33.4 Å². The fraction of sp³-hybridized carbons (Fsp3) is 0.310. The van der Waals surface area contributed by atoms with Gasteiger partial charge in [-0.2, -0.15) is 0 Å². The van der Waals surface area contributed by atoms with Gasteiger partial charge in [0.15, 0.2) is 0 Å². The van der Waals surface area contributed by atoms with E-state index < -0.39 is 0 Å². The molecule has 5 heteroatoms. The van der Waals surface area contributed by atoms with Crippen molar-refractivity contribution in [3.05, 3.63) is 78.1 Å². The van der Waals surface area contributed by atoms with E-state index in [-0.39, 0.29) is 11.7 Å². The van der Waals surface area contributed by atoms with Gasteiger partial charge in [0.25, 0.3) is 0 Å². The number of aryl methyl sites for hydroxylation is 1. The number of fused-ring (bicyclic) bond motifs is 1. The molecular weight excluding hydrogens is 425 g/mol. The average Bonchev–Trinajstić information content (AvgIpc) is 3.50. The van der Waals surface area contributed by atoms with Crippen LogP contribution in [0.15, 0.2) is 66.7 Å². The maximum atomic E-state index is 13.3. The summed E-state index contributed by atoms with van der Waals surface area (Å²) in [7, 11) is 0. The van der Waals surface area contributed by atoms with Crippen LogP contribution < -0.4 is 0 Å². The van der Waals surface area contributed by atoms with Gasteiger partial charge in [-0.15, -0.1) is 0 Å². The quantitative estimate of drug-likeness (QED) is 0.367. The van der Waals surface area contributed by atoms with E-state index in [1.165, 1.54) is 17.7 Å². The Labute approximate surface area is 199 Å². The number of likely N-dealkylation sites (tertiary alicyclic amines) is 1. The van der Waals surface area contributed by atoms with Crippen molar-refractivity contribution in [2.24, 2.45) is 11.8 Å². The van der Waals surface area contributed by atoms with Gasteiger partial charge in [0, 0.05) is 31.1 Å². The molecule has 172 valence electrons. The van der Waals surface area contributed by atoms with Gasteiger partial charge >= 0.3 is 0 Å². The van der Waals surface area contributed by atoms with Crippen LogP contribution in [-0.2, 0) is 11.3 Å². The minimum atomic E-state index is -0.228. The van der Waals surface area contributed by atoms with Crippen LogP contribution in [0.25, 0.3) is 33.5 Å². The van der Waals surface area contributed by atoms with Crippen LogP contribution in [0.4, 0.5) is 4.39 Å². The van der Waals surface area contributed by atoms with Gasteiger partial charge < -0.3 is 9.47 Å². The topological polar surface area (TPSA) is 38.1 Å². The molecule has 4 nitrogen and oxygen atoms in total. The number of imidazole rings is 1. The summed E-state index contributed by atoms with van der Waals surface area (Å²) in [4.78, 5) is 19.6. The van der Waals surface area contributed by atoms with Gasteiger partial charge in [0.05, 0.1) is 11.0 Å². The first-order valence-corrected chi connectivity index (χ1v) is 12.2. The van der Waals surface area contributed by atoms with Crippen molar-refractivity contribution in [1.29, 1.82) is 0 Å². The van der Waals surface area contributed by atoms with Crippen LogP contribution in [0.5, 0.6) is 0 Å². The molecule has 3 aromatic carbocycles. The lowest BCUT2D eigenvalue weighted by Gasteiger charge is -2.18. The second-order valence-electron chi connectivity index (χ2n) is 9.84. The van der Waals surface area contributed by atoms with Crippen molar-refractivity contribution < 1.29 is 9.18 Å². The molecule has 1 aliphatic heterocycles. The summed E-state index contributed by atoms with van der Waals surface area (Å²) in [6, 6.07) is 21.3. The zero-order chi connectivity index (χ0) is 23.2. The smallest absolute Gasteiger partial charge is 0.225 e. The van der Waals surface area contributed by atoms with E-state index in [9.17, 15) is 9.18 Å². The van der Waals surface area contributed by atoms with E-state index >= 15 is 0 Å². The molecule has 0 radical (unpaired) electrons. The number of hydrogen-bond acceptors (Lipinski definition) is 2. The number of nitrogens with zero attached hydrogens (tertiary/aromatic N) is 3. The summed E-state index contributed by atoms with van der Waals surface area (Å²) in [6.07, 6.45) is 3.15. The zero-order valence-corrected chi connectivity index (χ0v) is 19.4. The molecule has 0 unspecified atom stereocenters. The van der Waals surface area contributed by atoms with Crippen molar-refractivity contribution in [2.75, 3.05) is 13.1 Å². The summed E-state index contributed by atoms with van der Waals surface area (Å²) in [6.45, 7) is 4.67. The van der Waals surface area contributed by atoms with E-state index in [1.54, 1.807) is 12.1 Å². The summed E-state index contributed by atoms with van der Waals surface area (Å²) < 4.78 is 15.6. The van der Waals surface area contributed by atoms with Crippen LogP contribution in [0.2, 0.25) is 0 Å². The second-order valence-corrected chi connectivity index (χ2v) is 9.84. The number of amides is 1. The molecule has 2 fully saturated rings. The predicted molar refractivity (Wildman–Crippen MR) is 133 cm³/mol. The molecule has 2 aliphatic rings. The lowest BCUT2D eigenvalue weighted by atomic mass is 10.0. The molecule has 1 aliphatic carbocycles. The standard InChI is InChI=1S/C29H28FN3O/c1-19-2-13-26-27(16-19)33(18-20-14-15-32(17-20)29(34)24-7-8-24)28(31-26)23-5-3-21(4-6-23)22-9-11-25(30)12-10-22/h2-6,9-13,16,20,24H,7-8,14-15,17-18H2,1H3/t20-/m0/s1. The molecule has 1 amide bonds. The first kappa shape index (κ1) is 21.1. The molecule has 4 aromatic rings. The van der Waals surface area contributed by atoms with Crippen molar-refractivity contribution in [3.8, 4) is 22.5 Å². The molecule has 2 heterocycles. The molecule has 1 saturated heterocycles. The molecule has 34 heavy (non-hydrogen) atoms. The molecule has 1 saturated carbocycles. The van der Waals surface area contributed by atoms with Gasteiger partial charge in [-0.1, -0.05) is 42.5 Å². The van der Waals surface area contributed by atoms with Crippen LogP contribution in [0.3, 0.4) is 0 Å². The highest BCUT2D eigenvalue weighted by atomic mass is 19.1. The Hall–Kier alpha value is -3.47. The average molecular weight is 454 g/mol. The van der Waals surface area contributed by atoms with Gasteiger partial charge in [0.1, 0.15) is 11.6 Å². The third-order valence-corrected chi connectivity index (χ3v) is 7.19.